The van der Waals surface area contributed by atoms with Gasteiger partial charge in [0, 0.05) is 12.6 Å². The Balaban J connectivity index is 4.02. The van der Waals surface area contributed by atoms with Gasteiger partial charge < -0.3 is 5.11 Å². The van der Waals surface area contributed by atoms with Crippen molar-refractivity contribution in [1.29, 1.82) is 0 Å². The average Bonchev–Trinajstić information content (AvgIpc) is 2.22. The van der Waals surface area contributed by atoms with E-state index in [-0.39, 0.29) is 6.54 Å². The molecule has 0 rings (SSSR count). The highest BCUT2D eigenvalue weighted by Gasteiger charge is 2.17. The summed E-state index contributed by atoms with van der Waals surface area (Å²) in [5.41, 5.74) is 0. The van der Waals surface area contributed by atoms with Crippen molar-refractivity contribution in [2.24, 2.45) is 5.92 Å². The van der Waals surface area contributed by atoms with Gasteiger partial charge in [-0.1, -0.05) is 46.5 Å². The third-order valence-electron chi connectivity index (χ3n) is 3.04. The quantitative estimate of drug-likeness (QED) is 0.598. The standard InChI is InChI=1S/C14H29NO2/c1-5-6-7-8-9-13(4)15(10-12(2)3)11-14(16)17/h12-13H,5-11H2,1-4H3,(H,16,17). The lowest BCUT2D eigenvalue weighted by atomic mass is 10.1. The molecule has 102 valence electrons. The predicted molar refractivity (Wildman–Crippen MR) is 72.3 cm³/mol. The van der Waals surface area contributed by atoms with Crippen LogP contribution in [0.15, 0.2) is 0 Å². The Kier molecular flexibility index (Phi) is 9.14. The van der Waals surface area contributed by atoms with Gasteiger partial charge in [0.05, 0.1) is 6.54 Å². The first-order chi connectivity index (χ1) is 7.97. The van der Waals surface area contributed by atoms with E-state index < -0.39 is 5.97 Å². The van der Waals surface area contributed by atoms with Crippen LogP contribution in [0.25, 0.3) is 0 Å². The van der Waals surface area contributed by atoms with Crippen LogP contribution in [0.3, 0.4) is 0 Å². The van der Waals surface area contributed by atoms with Crippen molar-refractivity contribution in [2.75, 3.05) is 13.1 Å². The molecule has 0 fully saturated rings. The molecule has 0 bridgehead atoms. The minimum absolute atomic E-state index is 0.174. The van der Waals surface area contributed by atoms with Crippen molar-refractivity contribution in [2.45, 2.75) is 65.8 Å². The van der Waals surface area contributed by atoms with E-state index in [4.69, 9.17) is 5.11 Å². The van der Waals surface area contributed by atoms with Crippen LogP contribution in [0.1, 0.15) is 59.8 Å². The van der Waals surface area contributed by atoms with Crippen LogP contribution in [0, 0.1) is 5.92 Å². The lowest BCUT2D eigenvalue weighted by molar-refractivity contribution is -0.139. The summed E-state index contributed by atoms with van der Waals surface area (Å²) in [6, 6.07) is 0.380. The van der Waals surface area contributed by atoms with Crippen LogP contribution in [0.4, 0.5) is 0 Å². The van der Waals surface area contributed by atoms with Gasteiger partial charge in [0.2, 0.25) is 0 Å². The number of carbonyl (C=O) groups is 1. The second-order valence-electron chi connectivity index (χ2n) is 5.42. The smallest absolute Gasteiger partial charge is 0.317 e. The SMILES string of the molecule is CCCCCCC(C)N(CC(=O)O)CC(C)C. The van der Waals surface area contributed by atoms with Gasteiger partial charge in [-0.15, -0.1) is 0 Å². The number of hydrogen-bond acceptors (Lipinski definition) is 2. The van der Waals surface area contributed by atoms with Gasteiger partial charge >= 0.3 is 5.97 Å². The predicted octanol–water partition coefficient (Wildman–Crippen LogP) is 3.39. The topological polar surface area (TPSA) is 40.5 Å². The fraction of sp³-hybridized carbons (Fsp3) is 0.929. The van der Waals surface area contributed by atoms with Crippen molar-refractivity contribution >= 4 is 5.97 Å². The maximum Gasteiger partial charge on any atom is 0.317 e. The van der Waals surface area contributed by atoms with Gasteiger partial charge in [-0.2, -0.15) is 0 Å². The third-order valence-corrected chi connectivity index (χ3v) is 3.04. The van der Waals surface area contributed by atoms with Crippen LogP contribution in [0.2, 0.25) is 0 Å². The molecular formula is C14H29NO2. The molecule has 0 aromatic carbocycles. The summed E-state index contributed by atoms with van der Waals surface area (Å²) in [6.45, 7) is 9.68. The highest BCUT2D eigenvalue weighted by molar-refractivity contribution is 5.69. The Morgan fingerprint density at radius 3 is 2.29 bits per heavy atom. The van der Waals surface area contributed by atoms with E-state index in [1.807, 2.05) is 0 Å². The van der Waals surface area contributed by atoms with Crippen molar-refractivity contribution in [3.05, 3.63) is 0 Å². The number of aliphatic carboxylic acids is 1. The largest absolute Gasteiger partial charge is 0.480 e. The van der Waals surface area contributed by atoms with Gasteiger partial charge in [-0.3, -0.25) is 9.69 Å². The highest BCUT2D eigenvalue weighted by atomic mass is 16.4. The number of nitrogens with zero attached hydrogens (tertiary/aromatic N) is 1. The highest BCUT2D eigenvalue weighted by Crippen LogP contribution is 2.12. The van der Waals surface area contributed by atoms with Crippen molar-refractivity contribution in [3.63, 3.8) is 0 Å². The zero-order valence-electron chi connectivity index (χ0n) is 11.9. The lowest BCUT2D eigenvalue weighted by Crippen LogP contribution is -2.39. The van der Waals surface area contributed by atoms with E-state index in [1.165, 1.54) is 25.7 Å². The molecule has 0 radical (unpaired) electrons. The monoisotopic (exact) mass is 243 g/mol. The molecule has 0 aliphatic heterocycles. The van der Waals surface area contributed by atoms with Crippen LogP contribution >= 0.6 is 0 Å². The molecule has 3 heteroatoms. The molecule has 0 aromatic rings. The van der Waals surface area contributed by atoms with E-state index in [0.717, 1.165) is 13.0 Å². The van der Waals surface area contributed by atoms with E-state index in [9.17, 15) is 4.79 Å². The van der Waals surface area contributed by atoms with Gasteiger partial charge in [-0.25, -0.2) is 0 Å². The molecule has 0 saturated carbocycles. The maximum absolute atomic E-state index is 10.8. The Hall–Kier alpha value is -0.570. The molecule has 1 unspecified atom stereocenters. The van der Waals surface area contributed by atoms with Crippen molar-refractivity contribution in [1.82, 2.24) is 4.90 Å². The number of hydrogen-bond donors (Lipinski definition) is 1. The fourth-order valence-corrected chi connectivity index (χ4v) is 2.09. The number of rotatable bonds is 10. The Bertz CT molecular complexity index is 204. The minimum Gasteiger partial charge on any atom is -0.480 e. The second kappa shape index (κ2) is 9.46. The Labute approximate surface area is 106 Å². The molecule has 0 heterocycles. The average molecular weight is 243 g/mol. The van der Waals surface area contributed by atoms with E-state index in [1.54, 1.807) is 0 Å². The zero-order chi connectivity index (χ0) is 13.3. The summed E-state index contributed by atoms with van der Waals surface area (Å²) in [4.78, 5) is 12.9. The summed E-state index contributed by atoms with van der Waals surface area (Å²) in [5.74, 6) is -0.196. The van der Waals surface area contributed by atoms with Crippen molar-refractivity contribution in [3.8, 4) is 0 Å². The molecule has 0 saturated heterocycles. The molecule has 3 nitrogen and oxygen atoms in total. The number of carboxylic acids is 1. The van der Waals surface area contributed by atoms with Crippen molar-refractivity contribution < 1.29 is 9.90 Å². The molecule has 1 atom stereocenters. The van der Waals surface area contributed by atoms with E-state index >= 15 is 0 Å². The fourth-order valence-electron chi connectivity index (χ4n) is 2.09. The Morgan fingerprint density at radius 2 is 1.82 bits per heavy atom. The first-order valence-electron chi connectivity index (χ1n) is 6.93. The number of carboxylic acid groups (broad SMARTS) is 1. The summed E-state index contributed by atoms with van der Waals surface area (Å²) in [7, 11) is 0. The minimum atomic E-state index is -0.717. The molecule has 17 heavy (non-hydrogen) atoms. The summed E-state index contributed by atoms with van der Waals surface area (Å²) >= 11 is 0. The summed E-state index contributed by atoms with van der Waals surface area (Å²) in [6.07, 6.45) is 6.13. The summed E-state index contributed by atoms with van der Waals surface area (Å²) in [5, 5.41) is 8.91. The maximum atomic E-state index is 10.8. The third kappa shape index (κ3) is 9.16. The van der Waals surface area contributed by atoms with Gasteiger partial charge in [0.15, 0.2) is 0 Å². The molecule has 0 aliphatic rings. The van der Waals surface area contributed by atoms with Gasteiger partial charge in [0.25, 0.3) is 0 Å². The molecule has 0 spiro atoms. The number of unbranched alkanes of at least 4 members (excludes halogenated alkanes) is 3. The lowest BCUT2D eigenvalue weighted by Gasteiger charge is -2.29. The van der Waals surface area contributed by atoms with Crippen LogP contribution < -0.4 is 0 Å². The molecule has 0 aromatic heterocycles. The molecule has 0 amide bonds. The van der Waals surface area contributed by atoms with E-state index in [0.29, 0.717) is 12.0 Å². The van der Waals surface area contributed by atoms with Crippen LogP contribution in [-0.4, -0.2) is 35.1 Å². The zero-order valence-corrected chi connectivity index (χ0v) is 11.9. The van der Waals surface area contributed by atoms with Gasteiger partial charge in [-0.05, 0) is 19.3 Å². The van der Waals surface area contributed by atoms with Crippen LogP contribution in [0.5, 0.6) is 0 Å². The summed E-state index contributed by atoms with van der Waals surface area (Å²) < 4.78 is 0. The molecular weight excluding hydrogens is 214 g/mol. The molecule has 0 aliphatic carbocycles. The molecule has 1 N–H and O–H groups in total. The van der Waals surface area contributed by atoms with Crippen LogP contribution in [-0.2, 0) is 4.79 Å². The van der Waals surface area contributed by atoms with Gasteiger partial charge in [0.1, 0.15) is 0 Å². The van der Waals surface area contributed by atoms with E-state index in [2.05, 4.69) is 32.6 Å². The Morgan fingerprint density at radius 1 is 1.18 bits per heavy atom. The normalized spacial score (nSPS) is 13.3. The first-order valence-corrected chi connectivity index (χ1v) is 6.93. The first kappa shape index (κ1) is 16.4. The second-order valence-corrected chi connectivity index (χ2v) is 5.42.